The molecule has 8 nitrogen and oxygen atoms in total. The van der Waals surface area contributed by atoms with E-state index < -0.39 is 17.5 Å². The first-order valence-electron chi connectivity index (χ1n) is 10.3. The molecule has 1 spiro atoms. The molecule has 2 aliphatic rings. The summed E-state index contributed by atoms with van der Waals surface area (Å²) in [4.78, 5) is 38.1. The number of aryl methyl sites for hydroxylation is 2. The Bertz CT molecular complexity index is 1000. The van der Waals surface area contributed by atoms with Crippen LogP contribution >= 0.6 is 0 Å². The molecule has 158 valence electrons. The number of urea groups is 1. The molecule has 2 aromatic rings. The van der Waals surface area contributed by atoms with Crippen LogP contribution in [-0.4, -0.2) is 38.2 Å². The topological polar surface area (TPSA) is 96.3 Å². The monoisotopic (exact) mass is 409 g/mol. The summed E-state index contributed by atoms with van der Waals surface area (Å²) in [6.07, 6.45) is 2.96. The summed E-state index contributed by atoms with van der Waals surface area (Å²) in [6.45, 7) is 6.60. The molecule has 2 N–H and O–H groups in total. The van der Waals surface area contributed by atoms with E-state index in [1.165, 1.54) is 0 Å². The Labute approximate surface area is 175 Å². The van der Waals surface area contributed by atoms with Crippen LogP contribution < -0.4 is 10.7 Å². The van der Waals surface area contributed by atoms with E-state index in [-0.39, 0.29) is 5.91 Å². The second-order valence-electron chi connectivity index (χ2n) is 8.56. The maximum atomic E-state index is 12.9. The summed E-state index contributed by atoms with van der Waals surface area (Å²) < 4.78 is 1.87. The van der Waals surface area contributed by atoms with Gasteiger partial charge in [0.2, 0.25) is 0 Å². The van der Waals surface area contributed by atoms with Crippen molar-refractivity contribution < 1.29 is 14.4 Å². The minimum atomic E-state index is -0.881. The van der Waals surface area contributed by atoms with Crippen LogP contribution in [0.4, 0.5) is 4.79 Å². The maximum absolute atomic E-state index is 12.9. The minimum absolute atomic E-state index is 0.369. The van der Waals surface area contributed by atoms with E-state index in [2.05, 4.69) is 22.8 Å². The van der Waals surface area contributed by atoms with Gasteiger partial charge in [-0.2, -0.15) is 10.1 Å². The van der Waals surface area contributed by atoms with Crippen molar-refractivity contribution >= 4 is 17.8 Å². The van der Waals surface area contributed by atoms with Crippen LogP contribution in [0, 0.1) is 19.8 Å². The molecule has 0 radical (unpaired) electrons. The van der Waals surface area contributed by atoms with E-state index in [4.69, 9.17) is 0 Å². The Kier molecular flexibility index (Phi) is 5.09. The molecule has 4 amide bonds. The number of benzene rings is 1. The maximum Gasteiger partial charge on any atom is 0.344 e. The molecule has 30 heavy (non-hydrogen) atoms. The van der Waals surface area contributed by atoms with Gasteiger partial charge in [-0.1, -0.05) is 19.1 Å². The van der Waals surface area contributed by atoms with Gasteiger partial charge in [0.15, 0.2) is 0 Å². The zero-order valence-electron chi connectivity index (χ0n) is 17.6. The second kappa shape index (κ2) is 7.59. The van der Waals surface area contributed by atoms with E-state index >= 15 is 0 Å². The van der Waals surface area contributed by atoms with Crippen molar-refractivity contribution in [3.05, 3.63) is 52.8 Å². The van der Waals surface area contributed by atoms with Crippen molar-refractivity contribution in [1.29, 1.82) is 0 Å². The summed E-state index contributed by atoms with van der Waals surface area (Å²) >= 11 is 0. The molecule has 0 bridgehead atoms. The smallest absolute Gasteiger partial charge is 0.322 e. The van der Waals surface area contributed by atoms with Gasteiger partial charge in [0.25, 0.3) is 11.8 Å². The summed E-state index contributed by atoms with van der Waals surface area (Å²) in [7, 11) is 0. The Balaban J connectivity index is 1.47. The SMILES string of the molecule is Cc1cc(C)n(Cc2cccc(C(=O)NN3C(=O)NC4(CCC(C)CC4)C3=O)c2)n1. The third-order valence-electron chi connectivity index (χ3n) is 6.13. The van der Waals surface area contributed by atoms with Crippen LogP contribution in [0.3, 0.4) is 0 Å². The van der Waals surface area contributed by atoms with Gasteiger partial charge < -0.3 is 5.32 Å². The number of aromatic nitrogens is 2. The van der Waals surface area contributed by atoms with E-state index in [0.717, 1.165) is 34.8 Å². The number of carbonyl (C=O) groups is 3. The average molecular weight is 409 g/mol. The standard InChI is InChI=1S/C22H27N5O3/c1-14-7-9-22(10-8-14)20(29)27(21(30)23-22)25-19(28)18-6-4-5-17(12-18)13-26-16(3)11-15(2)24-26/h4-6,11-12,14H,7-10,13H2,1-3H3,(H,23,30)(H,25,28). The van der Waals surface area contributed by atoms with Crippen LogP contribution in [0.5, 0.6) is 0 Å². The third-order valence-corrected chi connectivity index (χ3v) is 6.13. The predicted octanol–water partition coefficient (Wildman–Crippen LogP) is 2.69. The van der Waals surface area contributed by atoms with Crippen molar-refractivity contribution in [2.75, 3.05) is 0 Å². The summed E-state index contributed by atoms with van der Waals surface area (Å²) in [5, 5.41) is 8.10. The van der Waals surface area contributed by atoms with Crippen molar-refractivity contribution in [1.82, 2.24) is 25.5 Å². The number of hydrogen-bond donors (Lipinski definition) is 2. The fraction of sp³-hybridized carbons (Fsp3) is 0.455. The highest BCUT2D eigenvalue weighted by atomic mass is 16.2. The highest BCUT2D eigenvalue weighted by Gasteiger charge is 2.52. The highest BCUT2D eigenvalue weighted by Crippen LogP contribution is 2.35. The number of nitrogens with one attached hydrogen (secondary N) is 2. The largest absolute Gasteiger partial charge is 0.344 e. The lowest BCUT2D eigenvalue weighted by atomic mass is 9.77. The van der Waals surface area contributed by atoms with Gasteiger partial charge in [0, 0.05) is 11.3 Å². The van der Waals surface area contributed by atoms with Crippen LogP contribution in [-0.2, 0) is 11.3 Å². The number of hydrogen-bond acceptors (Lipinski definition) is 4. The lowest BCUT2D eigenvalue weighted by Crippen LogP contribution is -2.51. The first kappa shape index (κ1) is 20.1. The minimum Gasteiger partial charge on any atom is -0.322 e. The van der Waals surface area contributed by atoms with Gasteiger partial charge in [-0.25, -0.2) is 4.79 Å². The Hall–Kier alpha value is -3.16. The molecule has 2 fully saturated rings. The lowest BCUT2D eigenvalue weighted by Gasteiger charge is -2.33. The molecule has 1 aromatic heterocycles. The predicted molar refractivity (Wildman–Crippen MR) is 110 cm³/mol. The normalized spacial score (nSPS) is 23.7. The quantitative estimate of drug-likeness (QED) is 0.759. The summed E-state index contributed by atoms with van der Waals surface area (Å²) in [6, 6.07) is 8.54. The van der Waals surface area contributed by atoms with Crippen molar-refractivity contribution in [3.63, 3.8) is 0 Å². The molecule has 0 unspecified atom stereocenters. The number of nitrogens with zero attached hydrogens (tertiary/aromatic N) is 3. The van der Waals surface area contributed by atoms with Crippen molar-refractivity contribution in [2.45, 2.75) is 58.5 Å². The highest BCUT2D eigenvalue weighted by molar-refractivity contribution is 6.09. The van der Waals surface area contributed by atoms with Gasteiger partial charge in [-0.15, -0.1) is 0 Å². The molecule has 1 saturated heterocycles. The Morgan fingerprint density at radius 1 is 1.23 bits per heavy atom. The Morgan fingerprint density at radius 3 is 2.63 bits per heavy atom. The first-order chi connectivity index (χ1) is 14.3. The fourth-order valence-electron chi connectivity index (χ4n) is 4.30. The van der Waals surface area contributed by atoms with Crippen LogP contribution in [0.25, 0.3) is 0 Å². The zero-order chi connectivity index (χ0) is 21.5. The van der Waals surface area contributed by atoms with Crippen molar-refractivity contribution in [2.24, 2.45) is 5.92 Å². The summed E-state index contributed by atoms with van der Waals surface area (Å²) in [5.74, 6) is -0.324. The van der Waals surface area contributed by atoms with Gasteiger partial charge in [-0.05, 0) is 69.2 Å². The molecular formula is C22H27N5O3. The molecule has 1 aliphatic carbocycles. The number of hydrazine groups is 1. The van der Waals surface area contributed by atoms with Crippen LogP contribution in [0.1, 0.15) is 59.9 Å². The zero-order valence-corrected chi connectivity index (χ0v) is 17.6. The molecule has 4 rings (SSSR count). The summed E-state index contributed by atoms with van der Waals surface area (Å²) in [5.41, 5.74) is 4.87. The molecule has 1 saturated carbocycles. The fourth-order valence-corrected chi connectivity index (χ4v) is 4.30. The first-order valence-corrected chi connectivity index (χ1v) is 10.3. The molecule has 1 aromatic carbocycles. The van der Waals surface area contributed by atoms with Gasteiger partial charge in [-0.3, -0.25) is 19.7 Å². The van der Waals surface area contributed by atoms with E-state index in [0.29, 0.717) is 30.9 Å². The third kappa shape index (κ3) is 3.69. The number of carbonyl (C=O) groups excluding carboxylic acids is 3. The lowest BCUT2D eigenvalue weighted by molar-refractivity contribution is -0.134. The van der Waals surface area contributed by atoms with E-state index in [1.807, 2.05) is 30.7 Å². The number of amides is 4. The van der Waals surface area contributed by atoms with Crippen LogP contribution in [0.15, 0.2) is 30.3 Å². The van der Waals surface area contributed by atoms with Gasteiger partial charge in [0.05, 0.1) is 12.2 Å². The Morgan fingerprint density at radius 2 is 1.97 bits per heavy atom. The van der Waals surface area contributed by atoms with Crippen molar-refractivity contribution in [3.8, 4) is 0 Å². The van der Waals surface area contributed by atoms with Gasteiger partial charge in [0.1, 0.15) is 5.54 Å². The van der Waals surface area contributed by atoms with Crippen LogP contribution in [0.2, 0.25) is 0 Å². The average Bonchev–Trinajstić information content (AvgIpc) is 3.14. The number of imide groups is 1. The molecule has 8 heteroatoms. The van der Waals surface area contributed by atoms with E-state index in [9.17, 15) is 14.4 Å². The molecular weight excluding hydrogens is 382 g/mol. The number of rotatable bonds is 4. The second-order valence-corrected chi connectivity index (χ2v) is 8.56. The molecule has 2 heterocycles. The molecule has 1 aliphatic heterocycles. The van der Waals surface area contributed by atoms with Gasteiger partial charge >= 0.3 is 6.03 Å². The molecule has 0 atom stereocenters. The van der Waals surface area contributed by atoms with E-state index in [1.54, 1.807) is 18.2 Å².